The Morgan fingerprint density at radius 1 is 1.23 bits per heavy atom. The fraction of sp³-hybridized carbons (Fsp3) is 0.455. The summed E-state index contributed by atoms with van der Waals surface area (Å²) in [7, 11) is 0. The molecule has 0 bridgehead atoms. The fourth-order valence-electron chi connectivity index (χ4n) is 1.41. The van der Waals surface area contributed by atoms with Crippen LogP contribution in [-0.4, -0.2) is 17.9 Å². The maximum Gasteiger partial charge on any atom is 0.126 e. The van der Waals surface area contributed by atoms with Gasteiger partial charge in [0.15, 0.2) is 0 Å². The summed E-state index contributed by atoms with van der Waals surface area (Å²) in [6.07, 6.45) is 0.385. The van der Waals surface area contributed by atoms with Crippen molar-refractivity contribution < 1.29 is 5.11 Å². The third-order valence-corrected chi connectivity index (χ3v) is 2.15. The molecule has 0 aliphatic rings. The van der Waals surface area contributed by atoms with Gasteiger partial charge in [-0.1, -0.05) is 25.1 Å². The first-order valence-electron chi connectivity index (χ1n) is 4.79. The quantitative estimate of drug-likeness (QED) is 0.716. The Kier molecular flexibility index (Phi) is 3.77. The summed E-state index contributed by atoms with van der Waals surface area (Å²) < 4.78 is 0. The van der Waals surface area contributed by atoms with Gasteiger partial charge < -0.3 is 10.0 Å². The van der Waals surface area contributed by atoms with Crippen LogP contribution in [0.25, 0.3) is 0 Å². The average molecular weight is 179 g/mol. The Labute approximate surface area is 79.8 Å². The van der Waals surface area contributed by atoms with Crippen molar-refractivity contribution in [2.45, 2.75) is 26.5 Å². The van der Waals surface area contributed by atoms with E-state index >= 15 is 0 Å². The van der Waals surface area contributed by atoms with Gasteiger partial charge in [0.25, 0.3) is 0 Å². The molecule has 1 aromatic rings. The van der Waals surface area contributed by atoms with Crippen LogP contribution in [0.1, 0.15) is 20.3 Å². The monoisotopic (exact) mass is 179 g/mol. The lowest BCUT2D eigenvalue weighted by molar-refractivity contribution is 0.165. The van der Waals surface area contributed by atoms with Crippen molar-refractivity contribution in [3.63, 3.8) is 0 Å². The first kappa shape index (κ1) is 10.1. The van der Waals surface area contributed by atoms with Crippen LogP contribution in [0, 0.1) is 0 Å². The Morgan fingerprint density at radius 2 is 1.85 bits per heavy atom. The zero-order valence-corrected chi connectivity index (χ0v) is 8.27. The zero-order chi connectivity index (χ0) is 9.68. The van der Waals surface area contributed by atoms with Gasteiger partial charge in [-0.05, 0) is 25.5 Å². The standard InChI is InChI=1S/C11H17NO/c1-3-11(13)12(4-2)10-8-6-5-7-9-10/h5-9,11,13H,3-4H2,1-2H3. The molecule has 1 rings (SSSR count). The maximum absolute atomic E-state index is 9.70. The molecule has 2 nitrogen and oxygen atoms in total. The summed E-state index contributed by atoms with van der Waals surface area (Å²) in [6, 6.07) is 9.99. The minimum atomic E-state index is -0.368. The number of hydrogen-bond donors (Lipinski definition) is 1. The molecule has 0 spiro atoms. The van der Waals surface area contributed by atoms with Crippen molar-refractivity contribution >= 4 is 5.69 Å². The van der Waals surface area contributed by atoms with E-state index in [0.717, 1.165) is 18.7 Å². The summed E-state index contributed by atoms with van der Waals surface area (Å²) in [5.74, 6) is 0. The van der Waals surface area contributed by atoms with Gasteiger partial charge in [-0.2, -0.15) is 0 Å². The fourth-order valence-corrected chi connectivity index (χ4v) is 1.41. The second kappa shape index (κ2) is 4.87. The number of anilines is 1. The number of rotatable bonds is 4. The summed E-state index contributed by atoms with van der Waals surface area (Å²) in [5.41, 5.74) is 1.08. The SMILES string of the molecule is CCC(O)N(CC)c1ccccc1. The van der Waals surface area contributed by atoms with Crippen molar-refractivity contribution in [2.75, 3.05) is 11.4 Å². The van der Waals surface area contributed by atoms with E-state index in [4.69, 9.17) is 0 Å². The molecule has 2 heteroatoms. The Morgan fingerprint density at radius 3 is 2.31 bits per heavy atom. The molecule has 1 unspecified atom stereocenters. The smallest absolute Gasteiger partial charge is 0.126 e. The number of aliphatic hydroxyl groups is 1. The molecule has 1 N–H and O–H groups in total. The molecule has 72 valence electrons. The average Bonchev–Trinajstić information content (AvgIpc) is 2.20. The second-order valence-electron chi connectivity index (χ2n) is 3.01. The first-order chi connectivity index (χ1) is 6.29. The highest BCUT2D eigenvalue weighted by Gasteiger charge is 2.10. The van der Waals surface area contributed by atoms with Gasteiger partial charge in [0, 0.05) is 12.2 Å². The zero-order valence-electron chi connectivity index (χ0n) is 8.27. The van der Waals surface area contributed by atoms with Gasteiger partial charge in [-0.15, -0.1) is 0 Å². The van der Waals surface area contributed by atoms with E-state index in [-0.39, 0.29) is 6.23 Å². The molecule has 1 aromatic carbocycles. The third-order valence-electron chi connectivity index (χ3n) is 2.15. The van der Waals surface area contributed by atoms with Crippen molar-refractivity contribution in [3.05, 3.63) is 30.3 Å². The number of benzene rings is 1. The molecule has 0 radical (unpaired) electrons. The predicted molar refractivity (Wildman–Crippen MR) is 55.8 cm³/mol. The van der Waals surface area contributed by atoms with E-state index < -0.39 is 0 Å². The summed E-state index contributed by atoms with van der Waals surface area (Å²) in [5, 5.41) is 9.70. The van der Waals surface area contributed by atoms with Gasteiger partial charge in [-0.3, -0.25) is 0 Å². The highest BCUT2D eigenvalue weighted by atomic mass is 16.3. The van der Waals surface area contributed by atoms with Crippen LogP contribution in [0.4, 0.5) is 5.69 Å². The Bertz CT molecular complexity index is 235. The largest absolute Gasteiger partial charge is 0.374 e. The highest BCUT2D eigenvalue weighted by molar-refractivity contribution is 5.46. The molecular formula is C11H17NO. The van der Waals surface area contributed by atoms with Crippen LogP contribution in [-0.2, 0) is 0 Å². The summed E-state index contributed by atoms with van der Waals surface area (Å²) in [6.45, 7) is 4.86. The van der Waals surface area contributed by atoms with Gasteiger partial charge in [0.1, 0.15) is 6.23 Å². The van der Waals surface area contributed by atoms with Crippen LogP contribution in [0.2, 0.25) is 0 Å². The molecule has 1 atom stereocenters. The minimum Gasteiger partial charge on any atom is -0.374 e. The lowest BCUT2D eigenvalue weighted by Crippen LogP contribution is -2.34. The lowest BCUT2D eigenvalue weighted by atomic mass is 10.2. The Balaban J connectivity index is 2.78. The van der Waals surface area contributed by atoms with Gasteiger partial charge >= 0.3 is 0 Å². The minimum absolute atomic E-state index is 0.368. The van der Waals surface area contributed by atoms with E-state index in [9.17, 15) is 5.11 Å². The summed E-state index contributed by atoms with van der Waals surface area (Å²) >= 11 is 0. The van der Waals surface area contributed by atoms with Crippen LogP contribution >= 0.6 is 0 Å². The van der Waals surface area contributed by atoms with Crippen molar-refractivity contribution in [2.24, 2.45) is 0 Å². The molecule has 0 aliphatic heterocycles. The van der Waals surface area contributed by atoms with E-state index in [1.165, 1.54) is 0 Å². The number of aliphatic hydroxyl groups excluding tert-OH is 1. The van der Waals surface area contributed by atoms with Gasteiger partial charge in [-0.25, -0.2) is 0 Å². The topological polar surface area (TPSA) is 23.5 Å². The number of nitrogens with zero attached hydrogens (tertiary/aromatic N) is 1. The molecule has 0 aromatic heterocycles. The van der Waals surface area contributed by atoms with E-state index in [0.29, 0.717) is 0 Å². The van der Waals surface area contributed by atoms with E-state index in [2.05, 4.69) is 0 Å². The molecular weight excluding hydrogens is 162 g/mol. The number of para-hydroxylation sites is 1. The molecule has 0 fully saturated rings. The van der Waals surface area contributed by atoms with Crippen molar-refractivity contribution in [1.29, 1.82) is 0 Å². The Hall–Kier alpha value is -1.02. The van der Waals surface area contributed by atoms with E-state index in [1.54, 1.807) is 0 Å². The summed E-state index contributed by atoms with van der Waals surface area (Å²) in [4.78, 5) is 1.99. The molecule has 0 saturated heterocycles. The second-order valence-corrected chi connectivity index (χ2v) is 3.01. The van der Waals surface area contributed by atoms with Crippen molar-refractivity contribution in [3.8, 4) is 0 Å². The third kappa shape index (κ3) is 2.46. The molecule has 0 aliphatic carbocycles. The molecule has 13 heavy (non-hydrogen) atoms. The van der Waals surface area contributed by atoms with Gasteiger partial charge in [0.2, 0.25) is 0 Å². The lowest BCUT2D eigenvalue weighted by Gasteiger charge is -2.27. The molecule has 0 heterocycles. The highest BCUT2D eigenvalue weighted by Crippen LogP contribution is 2.15. The van der Waals surface area contributed by atoms with Crippen molar-refractivity contribution in [1.82, 2.24) is 0 Å². The first-order valence-corrected chi connectivity index (χ1v) is 4.79. The maximum atomic E-state index is 9.70. The van der Waals surface area contributed by atoms with Crippen LogP contribution in [0.15, 0.2) is 30.3 Å². The predicted octanol–water partition coefficient (Wildman–Crippen LogP) is 2.24. The van der Waals surface area contributed by atoms with Crippen LogP contribution < -0.4 is 4.90 Å². The van der Waals surface area contributed by atoms with Gasteiger partial charge in [0.05, 0.1) is 0 Å². The van der Waals surface area contributed by atoms with Crippen LogP contribution in [0.3, 0.4) is 0 Å². The van der Waals surface area contributed by atoms with E-state index in [1.807, 2.05) is 49.1 Å². The molecule has 0 saturated carbocycles. The number of hydrogen-bond acceptors (Lipinski definition) is 2. The molecule has 0 amide bonds. The van der Waals surface area contributed by atoms with Crippen LogP contribution in [0.5, 0.6) is 0 Å². The normalized spacial score (nSPS) is 12.5.